The van der Waals surface area contributed by atoms with Crippen molar-refractivity contribution < 1.29 is 22.5 Å². The SMILES string of the molecule is CC(N)(Cc1cc(F)c([N+](=O)[O-])cc1F)C(F)F. The van der Waals surface area contributed by atoms with Crippen LogP contribution in [0.5, 0.6) is 0 Å². The molecular formula is C10H10F4N2O2. The number of halogens is 4. The number of nitrogens with zero attached hydrogens (tertiary/aromatic N) is 1. The van der Waals surface area contributed by atoms with Crippen molar-refractivity contribution >= 4 is 5.69 Å². The molecule has 0 heterocycles. The standard InChI is InChI=1S/C10H10F4N2O2/c1-10(15,9(13)14)4-5-2-7(12)8(16(17)18)3-6(5)11/h2-3,9H,4,15H2,1H3. The van der Waals surface area contributed by atoms with E-state index in [1.54, 1.807) is 0 Å². The Hall–Kier alpha value is -1.70. The summed E-state index contributed by atoms with van der Waals surface area (Å²) < 4.78 is 51.6. The lowest BCUT2D eigenvalue weighted by Crippen LogP contribution is -2.46. The summed E-state index contributed by atoms with van der Waals surface area (Å²) in [5.74, 6) is -2.43. The molecule has 8 heteroatoms. The van der Waals surface area contributed by atoms with E-state index in [1.165, 1.54) is 0 Å². The first-order chi connectivity index (χ1) is 8.15. The molecule has 0 saturated carbocycles. The van der Waals surface area contributed by atoms with Gasteiger partial charge in [-0.25, -0.2) is 13.2 Å². The van der Waals surface area contributed by atoms with Gasteiger partial charge in [0.25, 0.3) is 6.43 Å². The molecule has 0 spiro atoms. The molecule has 0 fully saturated rings. The zero-order chi connectivity index (χ0) is 14.1. The molecule has 18 heavy (non-hydrogen) atoms. The van der Waals surface area contributed by atoms with E-state index in [0.29, 0.717) is 12.1 Å². The van der Waals surface area contributed by atoms with Gasteiger partial charge in [-0.05, 0) is 25.0 Å². The molecule has 4 nitrogen and oxygen atoms in total. The summed E-state index contributed by atoms with van der Waals surface area (Å²) >= 11 is 0. The van der Waals surface area contributed by atoms with Crippen LogP contribution in [0.25, 0.3) is 0 Å². The van der Waals surface area contributed by atoms with E-state index in [9.17, 15) is 27.7 Å². The molecule has 1 rings (SSSR count). The van der Waals surface area contributed by atoms with Crippen molar-refractivity contribution in [2.24, 2.45) is 5.73 Å². The summed E-state index contributed by atoms with van der Waals surface area (Å²) in [5, 5.41) is 10.3. The number of alkyl halides is 2. The zero-order valence-corrected chi connectivity index (χ0v) is 9.29. The van der Waals surface area contributed by atoms with Crippen LogP contribution in [0.4, 0.5) is 23.2 Å². The van der Waals surface area contributed by atoms with Gasteiger partial charge in [0, 0.05) is 0 Å². The summed E-state index contributed by atoms with van der Waals surface area (Å²) in [7, 11) is 0. The maximum absolute atomic E-state index is 13.4. The van der Waals surface area contributed by atoms with Gasteiger partial charge in [-0.3, -0.25) is 10.1 Å². The Morgan fingerprint density at radius 2 is 1.94 bits per heavy atom. The van der Waals surface area contributed by atoms with Crippen molar-refractivity contribution in [1.29, 1.82) is 0 Å². The molecule has 1 aromatic carbocycles. The highest BCUT2D eigenvalue weighted by Gasteiger charge is 2.32. The number of hydrogen-bond acceptors (Lipinski definition) is 3. The highest BCUT2D eigenvalue weighted by atomic mass is 19.3. The molecule has 0 amide bonds. The van der Waals surface area contributed by atoms with E-state index in [1.807, 2.05) is 0 Å². The Morgan fingerprint density at radius 1 is 1.39 bits per heavy atom. The Bertz CT molecular complexity index is 477. The molecular weight excluding hydrogens is 256 g/mol. The van der Waals surface area contributed by atoms with Gasteiger partial charge in [-0.15, -0.1) is 0 Å². The Kier molecular flexibility index (Phi) is 3.90. The number of nitrogens with two attached hydrogens (primary N) is 1. The lowest BCUT2D eigenvalue weighted by Gasteiger charge is -2.23. The summed E-state index contributed by atoms with van der Waals surface area (Å²) in [4.78, 5) is 9.23. The molecule has 0 bridgehead atoms. The molecule has 100 valence electrons. The predicted molar refractivity (Wildman–Crippen MR) is 55.3 cm³/mol. The van der Waals surface area contributed by atoms with E-state index in [-0.39, 0.29) is 0 Å². The fourth-order valence-corrected chi connectivity index (χ4v) is 1.34. The molecule has 0 aliphatic heterocycles. The van der Waals surface area contributed by atoms with Crippen molar-refractivity contribution in [2.75, 3.05) is 0 Å². The van der Waals surface area contributed by atoms with Gasteiger partial charge in [0.2, 0.25) is 5.82 Å². The summed E-state index contributed by atoms with van der Waals surface area (Å²) in [5.41, 5.74) is 1.72. The predicted octanol–water partition coefficient (Wildman–Crippen LogP) is 2.40. The quantitative estimate of drug-likeness (QED) is 0.517. The van der Waals surface area contributed by atoms with Crippen LogP contribution in [0.3, 0.4) is 0 Å². The van der Waals surface area contributed by atoms with Gasteiger partial charge in [0.05, 0.1) is 16.5 Å². The molecule has 1 unspecified atom stereocenters. The number of hydrogen-bond donors (Lipinski definition) is 1. The minimum Gasteiger partial charge on any atom is -0.320 e. The molecule has 0 aliphatic carbocycles. The maximum atomic E-state index is 13.4. The smallest absolute Gasteiger partial charge is 0.307 e. The van der Waals surface area contributed by atoms with Crippen LogP contribution < -0.4 is 5.73 Å². The number of benzene rings is 1. The first-order valence-corrected chi connectivity index (χ1v) is 4.84. The number of nitro groups is 1. The van der Waals surface area contributed by atoms with Gasteiger partial charge < -0.3 is 5.73 Å². The summed E-state index contributed by atoms with van der Waals surface area (Å²) in [6.45, 7) is 0.983. The lowest BCUT2D eigenvalue weighted by molar-refractivity contribution is -0.387. The van der Waals surface area contributed by atoms with Crippen molar-refractivity contribution in [3.8, 4) is 0 Å². The second kappa shape index (κ2) is 4.89. The molecule has 1 atom stereocenters. The second-order valence-corrected chi connectivity index (χ2v) is 4.14. The van der Waals surface area contributed by atoms with Crippen LogP contribution in [0.2, 0.25) is 0 Å². The Balaban J connectivity index is 3.13. The average molecular weight is 266 g/mol. The van der Waals surface area contributed by atoms with E-state index in [0.717, 1.165) is 6.92 Å². The van der Waals surface area contributed by atoms with E-state index in [4.69, 9.17) is 5.73 Å². The van der Waals surface area contributed by atoms with Crippen LogP contribution in [-0.4, -0.2) is 16.9 Å². The third kappa shape index (κ3) is 2.95. The zero-order valence-electron chi connectivity index (χ0n) is 9.29. The van der Waals surface area contributed by atoms with Crippen molar-refractivity contribution in [3.63, 3.8) is 0 Å². The highest BCUT2D eigenvalue weighted by Crippen LogP contribution is 2.25. The van der Waals surface area contributed by atoms with Crippen LogP contribution >= 0.6 is 0 Å². The topological polar surface area (TPSA) is 69.2 Å². The Labute approximate surface area is 99.5 Å². The largest absolute Gasteiger partial charge is 0.320 e. The van der Waals surface area contributed by atoms with Crippen LogP contribution in [0.1, 0.15) is 12.5 Å². The second-order valence-electron chi connectivity index (χ2n) is 4.14. The molecule has 0 radical (unpaired) electrons. The molecule has 0 saturated heterocycles. The van der Waals surface area contributed by atoms with Crippen molar-refractivity contribution in [2.45, 2.75) is 25.3 Å². The summed E-state index contributed by atoms with van der Waals surface area (Å²) in [6.07, 6.45) is -3.57. The normalized spacial score (nSPS) is 14.6. The van der Waals surface area contributed by atoms with Gasteiger partial charge >= 0.3 is 5.69 Å². The summed E-state index contributed by atoms with van der Waals surface area (Å²) in [6, 6.07) is 0.868. The monoisotopic (exact) mass is 266 g/mol. The van der Waals surface area contributed by atoms with E-state index in [2.05, 4.69) is 0 Å². The van der Waals surface area contributed by atoms with E-state index < -0.39 is 46.2 Å². The molecule has 2 N–H and O–H groups in total. The average Bonchev–Trinajstić information content (AvgIpc) is 2.21. The molecule has 0 aliphatic rings. The number of rotatable bonds is 4. The molecule has 0 aromatic heterocycles. The fourth-order valence-electron chi connectivity index (χ4n) is 1.34. The number of nitro benzene ring substituents is 1. The minimum atomic E-state index is -2.94. The minimum absolute atomic E-state index is 0.353. The Morgan fingerprint density at radius 3 is 2.39 bits per heavy atom. The van der Waals surface area contributed by atoms with E-state index >= 15 is 0 Å². The third-order valence-electron chi connectivity index (χ3n) is 2.38. The van der Waals surface area contributed by atoms with Crippen LogP contribution in [0, 0.1) is 21.7 Å². The van der Waals surface area contributed by atoms with Gasteiger partial charge in [0.15, 0.2) is 0 Å². The first kappa shape index (κ1) is 14.4. The van der Waals surface area contributed by atoms with Gasteiger partial charge in [-0.1, -0.05) is 0 Å². The highest BCUT2D eigenvalue weighted by molar-refractivity contribution is 5.37. The first-order valence-electron chi connectivity index (χ1n) is 4.84. The lowest BCUT2D eigenvalue weighted by atomic mass is 9.94. The van der Waals surface area contributed by atoms with Crippen molar-refractivity contribution in [1.82, 2.24) is 0 Å². The van der Waals surface area contributed by atoms with Crippen molar-refractivity contribution in [3.05, 3.63) is 39.4 Å². The van der Waals surface area contributed by atoms with Gasteiger partial charge in [0.1, 0.15) is 5.82 Å². The van der Waals surface area contributed by atoms with Gasteiger partial charge in [-0.2, -0.15) is 4.39 Å². The van der Waals surface area contributed by atoms with Crippen LogP contribution in [-0.2, 0) is 6.42 Å². The molecule has 1 aromatic rings. The van der Waals surface area contributed by atoms with Crippen LogP contribution in [0.15, 0.2) is 12.1 Å². The third-order valence-corrected chi connectivity index (χ3v) is 2.38. The fraction of sp³-hybridized carbons (Fsp3) is 0.400. The maximum Gasteiger partial charge on any atom is 0.307 e.